The number of tetrazole rings is 1. The normalized spacial score (nSPS) is 12.7. The van der Waals surface area contributed by atoms with Gasteiger partial charge in [0.1, 0.15) is 0 Å². The van der Waals surface area contributed by atoms with Crippen molar-refractivity contribution >= 4 is 29.3 Å². The Hall–Kier alpha value is -3.20. The summed E-state index contributed by atoms with van der Waals surface area (Å²) in [5, 5.41) is 12.2. The Bertz CT molecular complexity index is 1020. The molecule has 0 fully saturated rings. The first-order valence-corrected chi connectivity index (χ1v) is 9.64. The smallest absolute Gasteiger partial charge is 0.337 e. The van der Waals surface area contributed by atoms with Gasteiger partial charge < -0.3 is 9.64 Å². The Morgan fingerprint density at radius 2 is 1.93 bits per heavy atom. The summed E-state index contributed by atoms with van der Waals surface area (Å²) in [7, 11) is 1.34. The summed E-state index contributed by atoms with van der Waals surface area (Å²) in [4.78, 5) is 26.0. The van der Waals surface area contributed by atoms with Crippen molar-refractivity contribution in [1.82, 2.24) is 20.2 Å². The third kappa shape index (κ3) is 3.48. The Morgan fingerprint density at radius 1 is 1.14 bits per heavy atom. The maximum Gasteiger partial charge on any atom is 0.337 e. The number of para-hydroxylation sites is 1. The lowest BCUT2D eigenvalue weighted by atomic mass is 10.2. The van der Waals surface area contributed by atoms with Crippen molar-refractivity contribution in [1.29, 1.82) is 0 Å². The van der Waals surface area contributed by atoms with Crippen molar-refractivity contribution in [3.05, 3.63) is 59.7 Å². The first-order valence-electron chi connectivity index (χ1n) is 8.65. The van der Waals surface area contributed by atoms with Gasteiger partial charge in [0.15, 0.2) is 0 Å². The lowest BCUT2D eigenvalue weighted by Gasteiger charge is -2.16. The van der Waals surface area contributed by atoms with Crippen molar-refractivity contribution in [3.63, 3.8) is 0 Å². The van der Waals surface area contributed by atoms with Crippen molar-refractivity contribution < 1.29 is 14.3 Å². The molecule has 9 heteroatoms. The largest absolute Gasteiger partial charge is 0.465 e. The molecule has 0 radical (unpaired) electrons. The zero-order chi connectivity index (χ0) is 19.5. The van der Waals surface area contributed by atoms with Crippen LogP contribution in [0.4, 0.5) is 5.69 Å². The minimum Gasteiger partial charge on any atom is -0.465 e. The highest BCUT2D eigenvalue weighted by Gasteiger charge is 2.24. The van der Waals surface area contributed by atoms with E-state index in [0.29, 0.717) is 23.0 Å². The monoisotopic (exact) mass is 395 g/mol. The number of carbonyl (C=O) groups excluding carboxylic acids is 2. The second-order valence-electron chi connectivity index (χ2n) is 6.12. The molecule has 1 aliphatic heterocycles. The second kappa shape index (κ2) is 7.81. The van der Waals surface area contributed by atoms with Gasteiger partial charge in [0, 0.05) is 12.2 Å². The van der Waals surface area contributed by atoms with E-state index in [2.05, 4.69) is 15.5 Å². The number of aromatic nitrogens is 4. The zero-order valence-electron chi connectivity index (χ0n) is 15.1. The lowest BCUT2D eigenvalue weighted by Crippen LogP contribution is -2.30. The number of hydrogen-bond acceptors (Lipinski definition) is 7. The molecule has 0 spiro atoms. The maximum absolute atomic E-state index is 12.7. The van der Waals surface area contributed by atoms with Gasteiger partial charge in [0.05, 0.1) is 24.1 Å². The van der Waals surface area contributed by atoms with E-state index in [0.717, 1.165) is 12.1 Å². The van der Waals surface area contributed by atoms with Crippen LogP contribution in [0.15, 0.2) is 53.7 Å². The molecule has 0 atom stereocenters. The van der Waals surface area contributed by atoms with Gasteiger partial charge in [-0.1, -0.05) is 30.0 Å². The first-order chi connectivity index (χ1) is 13.7. The number of nitrogens with zero attached hydrogens (tertiary/aromatic N) is 5. The maximum atomic E-state index is 12.7. The van der Waals surface area contributed by atoms with E-state index in [9.17, 15) is 9.59 Å². The van der Waals surface area contributed by atoms with Crippen molar-refractivity contribution in [2.75, 3.05) is 24.3 Å². The molecular formula is C19H17N5O3S. The number of fused-ring (bicyclic) bond motifs is 1. The number of benzene rings is 2. The van der Waals surface area contributed by atoms with E-state index in [1.807, 2.05) is 29.2 Å². The Kier molecular flexibility index (Phi) is 5.07. The van der Waals surface area contributed by atoms with E-state index in [-0.39, 0.29) is 11.7 Å². The van der Waals surface area contributed by atoms with Crippen molar-refractivity contribution in [3.8, 4) is 5.69 Å². The average Bonchev–Trinajstić information content (AvgIpc) is 3.38. The number of rotatable bonds is 5. The molecule has 0 saturated heterocycles. The summed E-state index contributed by atoms with van der Waals surface area (Å²) in [5.74, 6) is -0.158. The van der Waals surface area contributed by atoms with Gasteiger partial charge in [0.25, 0.3) is 0 Å². The zero-order valence-corrected chi connectivity index (χ0v) is 15.9. The van der Waals surface area contributed by atoms with Gasteiger partial charge in [-0.05, 0) is 52.7 Å². The summed E-state index contributed by atoms with van der Waals surface area (Å²) in [6, 6.07) is 14.7. The molecule has 0 N–H and O–H groups in total. The second-order valence-corrected chi connectivity index (χ2v) is 7.07. The van der Waals surface area contributed by atoms with Crippen LogP contribution in [0.25, 0.3) is 5.69 Å². The summed E-state index contributed by atoms with van der Waals surface area (Å²) < 4.78 is 6.24. The van der Waals surface area contributed by atoms with Crippen LogP contribution in [0.5, 0.6) is 0 Å². The van der Waals surface area contributed by atoms with Crippen LogP contribution in [0.1, 0.15) is 15.9 Å². The molecule has 1 aromatic heterocycles. The minimum absolute atomic E-state index is 0.0190. The number of thioether (sulfide) groups is 1. The summed E-state index contributed by atoms with van der Waals surface area (Å²) in [6.45, 7) is 0.693. The lowest BCUT2D eigenvalue weighted by molar-refractivity contribution is -0.116. The molecule has 3 aromatic rings. The highest BCUT2D eigenvalue weighted by atomic mass is 32.2. The van der Waals surface area contributed by atoms with Crippen LogP contribution < -0.4 is 4.90 Å². The number of ether oxygens (including phenoxy) is 1. The van der Waals surface area contributed by atoms with Gasteiger partial charge in [-0.3, -0.25) is 4.79 Å². The first kappa shape index (κ1) is 18.2. The molecule has 142 valence electrons. The summed E-state index contributed by atoms with van der Waals surface area (Å²) >= 11 is 1.28. The van der Waals surface area contributed by atoms with Crippen LogP contribution in [0.2, 0.25) is 0 Å². The molecular weight excluding hydrogens is 378 g/mol. The average molecular weight is 395 g/mol. The number of anilines is 1. The molecule has 0 bridgehead atoms. The van der Waals surface area contributed by atoms with E-state index in [1.54, 1.807) is 24.3 Å². The summed E-state index contributed by atoms with van der Waals surface area (Å²) in [5.41, 5.74) is 3.30. The van der Waals surface area contributed by atoms with E-state index in [1.165, 1.54) is 29.1 Å². The van der Waals surface area contributed by atoms with Crippen LogP contribution in [-0.4, -0.2) is 51.5 Å². The van der Waals surface area contributed by atoms with Crippen LogP contribution in [-0.2, 0) is 16.0 Å². The molecule has 2 aromatic carbocycles. The van der Waals surface area contributed by atoms with E-state index in [4.69, 9.17) is 4.74 Å². The van der Waals surface area contributed by atoms with Crippen molar-refractivity contribution in [2.45, 2.75) is 11.6 Å². The molecule has 8 nitrogen and oxygen atoms in total. The molecule has 0 saturated carbocycles. The Morgan fingerprint density at radius 3 is 2.71 bits per heavy atom. The van der Waals surface area contributed by atoms with Crippen LogP contribution >= 0.6 is 11.8 Å². The molecule has 1 amide bonds. The predicted octanol–water partition coefficient (Wildman–Crippen LogP) is 2.13. The highest BCUT2D eigenvalue weighted by Crippen LogP contribution is 2.28. The topological polar surface area (TPSA) is 90.2 Å². The van der Waals surface area contributed by atoms with Gasteiger partial charge >= 0.3 is 5.97 Å². The molecule has 2 heterocycles. The fraction of sp³-hybridized carbons (Fsp3) is 0.211. The number of esters is 1. The SMILES string of the molecule is COC(=O)c1ccc(-n2nnnc2SCC(=O)N2CCc3ccccc32)cc1. The highest BCUT2D eigenvalue weighted by molar-refractivity contribution is 7.99. The Labute approximate surface area is 165 Å². The van der Waals surface area contributed by atoms with Crippen molar-refractivity contribution in [2.24, 2.45) is 0 Å². The third-order valence-electron chi connectivity index (χ3n) is 4.49. The Balaban J connectivity index is 1.45. The standard InChI is InChI=1S/C19H17N5O3S/c1-27-18(26)14-6-8-15(9-7-14)24-19(20-21-22-24)28-12-17(25)23-11-10-13-4-2-3-5-16(13)23/h2-9H,10-12H2,1H3. The van der Waals surface area contributed by atoms with Gasteiger partial charge in [-0.15, -0.1) is 5.10 Å². The fourth-order valence-electron chi connectivity index (χ4n) is 3.09. The predicted molar refractivity (Wildman–Crippen MR) is 104 cm³/mol. The molecule has 1 aliphatic rings. The van der Waals surface area contributed by atoms with Crippen LogP contribution in [0.3, 0.4) is 0 Å². The third-order valence-corrected chi connectivity index (χ3v) is 5.39. The van der Waals surface area contributed by atoms with Gasteiger partial charge in [0.2, 0.25) is 11.1 Å². The number of methoxy groups -OCH3 is 1. The quantitative estimate of drug-likeness (QED) is 0.483. The van der Waals surface area contributed by atoms with Gasteiger partial charge in [-0.25, -0.2) is 4.79 Å². The fourth-order valence-corrected chi connectivity index (χ4v) is 3.86. The minimum atomic E-state index is -0.408. The molecule has 0 aliphatic carbocycles. The number of carbonyl (C=O) groups is 2. The summed E-state index contributed by atoms with van der Waals surface area (Å²) in [6.07, 6.45) is 0.872. The molecule has 28 heavy (non-hydrogen) atoms. The molecule has 0 unspecified atom stereocenters. The van der Waals surface area contributed by atoms with Gasteiger partial charge in [-0.2, -0.15) is 4.68 Å². The van der Waals surface area contributed by atoms with E-state index < -0.39 is 5.97 Å². The van der Waals surface area contributed by atoms with E-state index >= 15 is 0 Å². The number of hydrogen-bond donors (Lipinski definition) is 0. The van der Waals surface area contributed by atoms with Crippen LogP contribution in [0, 0.1) is 0 Å². The number of amides is 1. The molecule has 4 rings (SSSR count).